The van der Waals surface area contributed by atoms with Gasteiger partial charge in [-0.05, 0) is 31.5 Å². The molecule has 110 valence electrons. The van der Waals surface area contributed by atoms with Crippen LogP contribution in [0.5, 0.6) is 0 Å². The fourth-order valence-electron chi connectivity index (χ4n) is 3.14. The van der Waals surface area contributed by atoms with Gasteiger partial charge in [-0.2, -0.15) is 0 Å². The quantitative estimate of drug-likeness (QED) is 0.836. The van der Waals surface area contributed by atoms with Gasteiger partial charge in [0.1, 0.15) is 5.82 Å². The molecule has 21 heavy (non-hydrogen) atoms. The second-order valence-corrected chi connectivity index (χ2v) is 5.53. The highest BCUT2D eigenvalue weighted by Crippen LogP contribution is 2.56. The minimum Gasteiger partial charge on any atom is -0.312 e. The average molecular weight is 291 g/mol. The molecule has 0 aliphatic heterocycles. The Hall–Kier alpha value is -1.81. The predicted octanol–water partition coefficient (Wildman–Crippen LogP) is 4.10. The van der Waals surface area contributed by atoms with Gasteiger partial charge in [0.15, 0.2) is 11.6 Å². The van der Waals surface area contributed by atoms with Crippen LogP contribution in [0.25, 0.3) is 0 Å². The number of halogens is 3. The molecular weight excluding hydrogens is 275 g/mol. The van der Waals surface area contributed by atoms with Crippen molar-refractivity contribution < 1.29 is 13.2 Å². The summed E-state index contributed by atoms with van der Waals surface area (Å²) in [5, 5.41) is 3.08. The number of benzene rings is 2. The molecule has 1 atom stereocenters. The van der Waals surface area contributed by atoms with Gasteiger partial charge < -0.3 is 5.32 Å². The van der Waals surface area contributed by atoms with Crippen LogP contribution in [-0.4, -0.2) is 7.05 Å². The maximum Gasteiger partial charge on any atom is 0.161 e. The van der Waals surface area contributed by atoms with Crippen molar-refractivity contribution in [3.63, 3.8) is 0 Å². The molecule has 1 fully saturated rings. The molecule has 0 heterocycles. The molecule has 1 nitrogen and oxygen atoms in total. The Morgan fingerprint density at radius 3 is 2.14 bits per heavy atom. The van der Waals surface area contributed by atoms with Gasteiger partial charge in [-0.15, -0.1) is 0 Å². The number of nitrogens with one attached hydrogen (secondary N) is 1. The van der Waals surface area contributed by atoms with Gasteiger partial charge in [-0.3, -0.25) is 0 Å². The topological polar surface area (TPSA) is 12.0 Å². The van der Waals surface area contributed by atoms with Gasteiger partial charge >= 0.3 is 0 Å². The standard InChI is InChI=1S/C17H16F3N/c1-21-16(12-9-14(19)15(20)10-13(12)18)17(7-8-17)11-5-3-2-4-6-11/h2-6,9-10,16,21H,7-8H2,1H3. The second kappa shape index (κ2) is 5.19. The minimum atomic E-state index is -1.16. The zero-order valence-electron chi connectivity index (χ0n) is 11.7. The van der Waals surface area contributed by atoms with E-state index in [0.29, 0.717) is 6.07 Å². The molecule has 3 rings (SSSR count). The van der Waals surface area contributed by atoms with Crippen LogP contribution in [0.3, 0.4) is 0 Å². The Kier molecular flexibility index (Phi) is 3.49. The van der Waals surface area contributed by atoms with Crippen molar-refractivity contribution in [2.24, 2.45) is 0 Å². The summed E-state index contributed by atoms with van der Waals surface area (Å²) in [5.41, 5.74) is 1.02. The molecule has 1 aliphatic rings. The van der Waals surface area contributed by atoms with Crippen LogP contribution in [0.2, 0.25) is 0 Å². The Morgan fingerprint density at radius 2 is 1.57 bits per heavy atom. The monoisotopic (exact) mass is 291 g/mol. The molecule has 0 amide bonds. The first-order chi connectivity index (χ1) is 10.1. The van der Waals surface area contributed by atoms with Crippen LogP contribution in [0.1, 0.15) is 30.0 Å². The van der Waals surface area contributed by atoms with Crippen LogP contribution in [0, 0.1) is 17.5 Å². The Labute approximate surface area is 121 Å². The smallest absolute Gasteiger partial charge is 0.161 e. The summed E-state index contributed by atoms with van der Waals surface area (Å²) in [6.07, 6.45) is 1.78. The molecule has 0 bridgehead atoms. The number of rotatable bonds is 4. The van der Waals surface area contributed by atoms with E-state index in [0.717, 1.165) is 24.5 Å². The zero-order valence-corrected chi connectivity index (χ0v) is 11.7. The van der Waals surface area contributed by atoms with Crippen molar-refractivity contribution in [3.05, 3.63) is 71.0 Å². The molecule has 1 aliphatic carbocycles. The molecule has 0 spiro atoms. The lowest BCUT2D eigenvalue weighted by atomic mass is 9.83. The summed E-state index contributed by atoms with van der Waals surface area (Å²) in [6.45, 7) is 0. The molecule has 1 unspecified atom stereocenters. The maximum absolute atomic E-state index is 14.1. The summed E-state index contributed by atoms with van der Waals surface area (Å²) in [6, 6.07) is 11.0. The lowest BCUT2D eigenvalue weighted by molar-refractivity contribution is 0.427. The van der Waals surface area contributed by atoms with Crippen LogP contribution in [0.15, 0.2) is 42.5 Å². The van der Waals surface area contributed by atoms with Gasteiger partial charge in [0.2, 0.25) is 0 Å². The van der Waals surface area contributed by atoms with E-state index in [9.17, 15) is 13.2 Å². The van der Waals surface area contributed by atoms with E-state index in [2.05, 4.69) is 5.32 Å². The molecular formula is C17H16F3N. The first-order valence-electron chi connectivity index (χ1n) is 6.96. The first kappa shape index (κ1) is 14.1. The highest BCUT2D eigenvalue weighted by Gasteiger charge is 2.51. The molecule has 1 saturated carbocycles. The molecule has 1 N–H and O–H groups in total. The second-order valence-electron chi connectivity index (χ2n) is 5.53. The highest BCUT2D eigenvalue weighted by molar-refractivity contribution is 5.39. The van der Waals surface area contributed by atoms with E-state index < -0.39 is 17.5 Å². The van der Waals surface area contributed by atoms with Gasteiger partial charge in [0.05, 0.1) is 0 Å². The van der Waals surface area contributed by atoms with E-state index in [-0.39, 0.29) is 17.0 Å². The maximum atomic E-state index is 14.1. The lowest BCUT2D eigenvalue weighted by Gasteiger charge is -2.28. The number of likely N-dealkylation sites (N-methyl/N-ethyl adjacent to an activating group) is 1. The largest absolute Gasteiger partial charge is 0.312 e. The van der Waals surface area contributed by atoms with Crippen molar-refractivity contribution in [3.8, 4) is 0 Å². The normalized spacial score (nSPS) is 17.5. The van der Waals surface area contributed by atoms with Gasteiger partial charge in [0.25, 0.3) is 0 Å². The van der Waals surface area contributed by atoms with Crippen LogP contribution < -0.4 is 5.32 Å². The van der Waals surface area contributed by atoms with Gasteiger partial charge in [-0.1, -0.05) is 30.3 Å². The lowest BCUT2D eigenvalue weighted by Crippen LogP contribution is -2.30. The SMILES string of the molecule is CNC(c1cc(F)c(F)cc1F)C1(c2ccccc2)CC1. The fraction of sp³-hybridized carbons (Fsp3) is 0.294. The van der Waals surface area contributed by atoms with E-state index >= 15 is 0 Å². The number of hydrogen-bond acceptors (Lipinski definition) is 1. The molecule has 4 heteroatoms. The van der Waals surface area contributed by atoms with E-state index in [1.165, 1.54) is 0 Å². The van der Waals surface area contributed by atoms with Crippen molar-refractivity contribution >= 4 is 0 Å². The molecule has 2 aromatic rings. The average Bonchev–Trinajstić information content (AvgIpc) is 3.28. The molecule has 0 saturated heterocycles. The van der Waals surface area contributed by atoms with Crippen molar-refractivity contribution in [1.82, 2.24) is 5.32 Å². The fourth-order valence-corrected chi connectivity index (χ4v) is 3.14. The van der Waals surface area contributed by atoms with Gasteiger partial charge in [-0.25, -0.2) is 13.2 Å². The zero-order chi connectivity index (χ0) is 15.0. The van der Waals surface area contributed by atoms with E-state index in [4.69, 9.17) is 0 Å². The van der Waals surface area contributed by atoms with E-state index in [1.54, 1.807) is 7.05 Å². The predicted molar refractivity (Wildman–Crippen MR) is 75.5 cm³/mol. The Morgan fingerprint density at radius 1 is 0.952 bits per heavy atom. The third-order valence-electron chi connectivity index (χ3n) is 4.33. The van der Waals surface area contributed by atoms with Crippen molar-refractivity contribution in [2.75, 3.05) is 7.05 Å². The summed E-state index contributed by atoms with van der Waals surface area (Å²) >= 11 is 0. The Balaban J connectivity index is 2.06. The van der Waals surface area contributed by atoms with E-state index in [1.807, 2.05) is 30.3 Å². The molecule has 2 aromatic carbocycles. The summed E-state index contributed by atoms with van der Waals surface area (Å²) in [4.78, 5) is 0. The molecule has 0 aromatic heterocycles. The summed E-state index contributed by atoms with van der Waals surface area (Å²) in [5.74, 6) is -2.89. The highest BCUT2D eigenvalue weighted by atomic mass is 19.2. The Bertz CT molecular complexity index is 651. The minimum absolute atomic E-state index is 0.178. The van der Waals surface area contributed by atoms with Gasteiger partial charge in [0, 0.05) is 23.1 Å². The number of hydrogen-bond donors (Lipinski definition) is 1. The van der Waals surface area contributed by atoms with Crippen LogP contribution >= 0.6 is 0 Å². The third-order valence-corrected chi connectivity index (χ3v) is 4.33. The summed E-state index contributed by atoms with van der Waals surface area (Å²) < 4.78 is 40.7. The van der Waals surface area contributed by atoms with Crippen molar-refractivity contribution in [2.45, 2.75) is 24.3 Å². The molecule has 0 radical (unpaired) electrons. The van der Waals surface area contributed by atoms with Crippen molar-refractivity contribution in [1.29, 1.82) is 0 Å². The third kappa shape index (κ3) is 2.33. The van der Waals surface area contributed by atoms with Crippen LogP contribution in [0.4, 0.5) is 13.2 Å². The van der Waals surface area contributed by atoms with Crippen LogP contribution in [-0.2, 0) is 5.41 Å². The summed E-state index contributed by atoms with van der Waals surface area (Å²) in [7, 11) is 1.72. The first-order valence-corrected chi connectivity index (χ1v) is 6.96.